The smallest absolute Gasteiger partial charge is 0.138 e. The summed E-state index contributed by atoms with van der Waals surface area (Å²) in [5.74, 6) is 3.57. The highest BCUT2D eigenvalue weighted by Crippen LogP contribution is 2.61. The number of halogens is 2. The molecule has 3 nitrogen and oxygen atoms in total. The SMILES string of the molecule is O[C@@H](CNCCC12CC3CC(CC(C3)C1)C2)COc1ccc(Cl)cc1Cl. The molecular formula is C21H29Cl2NO2. The van der Waals surface area contributed by atoms with E-state index in [-0.39, 0.29) is 6.61 Å². The summed E-state index contributed by atoms with van der Waals surface area (Å²) in [6.07, 6.45) is 9.54. The Morgan fingerprint density at radius 2 is 1.77 bits per heavy atom. The number of nitrogens with one attached hydrogen (secondary N) is 1. The minimum Gasteiger partial charge on any atom is -0.489 e. The van der Waals surface area contributed by atoms with Gasteiger partial charge >= 0.3 is 0 Å². The fourth-order valence-corrected chi connectivity index (χ4v) is 6.52. The van der Waals surface area contributed by atoms with Gasteiger partial charge in [0.1, 0.15) is 18.5 Å². The van der Waals surface area contributed by atoms with Gasteiger partial charge in [-0.3, -0.25) is 0 Å². The molecule has 0 aromatic heterocycles. The molecule has 0 heterocycles. The number of aliphatic hydroxyl groups is 1. The summed E-state index contributed by atoms with van der Waals surface area (Å²) in [5.41, 5.74) is 0.597. The first kappa shape index (κ1) is 18.9. The van der Waals surface area contributed by atoms with Gasteiger partial charge in [-0.2, -0.15) is 0 Å². The van der Waals surface area contributed by atoms with Crippen molar-refractivity contribution in [3.63, 3.8) is 0 Å². The highest BCUT2D eigenvalue weighted by atomic mass is 35.5. The van der Waals surface area contributed by atoms with Gasteiger partial charge in [-0.05, 0) is 92.9 Å². The molecule has 0 aliphatic heterocycles. The number of hydrogen-bond acceptors (Lipinski definition) is 3. The van der Waals surface area contributed by atoms with Crippen LogP contribution >= 0.6 is 23.2 Å². The third kappa shape index (κ3) is 4.32. The molecule has 5 heteroatoms. The highest BCUT2D eigenvalue weighted by Gasteiger charge is 2.50. The lowest BCUT2D eigenvalue weighted by Gasteiger charge is -2.57. The number of hydrogen-bond donors (Lipinski definition) is 2. The number of ether oxygens (including phenoxy) is 1. The van der Waals surface area contributed by atoms with Gasteiger partial charge in [0.15, 0.2) is 0 Å². The fraction of sp³-hybridized carbons (Fsp3) is 0.714. The van der Waals surface area contributed by atoms with Gasteiger partial charge < -0.3 is 15.2 Å². The molecule has 0 saturated heterocycles. The van der Waals surface area contributed by atoms with Crippen LogP contribution in [0.5, 0.6) is 5.75 Å². The summed E-state index contributed by atoms with van der Waals surface area (Å²) in [6, 6.07) is 5.12. The molecular weight excluding hydrogens is 369 g/mol. The quantitative estimate of drug-likeness (QED) is 0.610. The van der Waals surface area contributed by atoms with Crippen LogP contribution < -0.4 is 10.1 Å². The maximum atomic E-state index is 10.2. The number of rotatable bonds is 8. The van der Waals surface area contributed by atoms with Crippen molar-refractivity contribution in [1.29, 1.82) is 0 Å². The first-order chi connectivity index (χ1) is 12.5. The van der Waals surface area contributed by atoms with E-state index < -0.39 is 6.10 Å². The van der Waals surface area contributed by atoms with E-state index in [1.807, 2.05) is 0 Å². The maximum absolute atomic E-state index is 10.2. The lowest BCUT2D eigenvalue weighted by Crippen LogP contribution is -2.47. The zero-order chi connectivity index (χ0) is 18.1. The second-order valence-electron chi connectivity index (χ2n) is 8.91. The summed E-state index contributed by atoms with van der Waals surface area (Å²) in [5, 5.41) is 14.6. The molecule has 2 N–H and O–H groups in total. The van der Waals surface area contributed by atoms with Crippen molar-refractivity contribution in [1.82, 2.24) is 5.32 Å². The van der Waals surface area contributed by atoms with E-state index in [9.17, 15) is 5.11 Å². The number of aliphatic hydroxyl groups excluding tert-OH is 1. The molecule has 4 saturated carbocycles. The minimum atomic E-state index is -0.543. The third-order valence-electron chi connectivity index (χ3n) is 6.70. The Hall–Kier alpha value is -0.480. The van der Waals surface area contributed by atoms with Crippen LogP contribution in [-0.4, -0.2) is 30.9 Å². The molecule has 0 unspecified atom stereocenters. The molecule has 0 spiro atoms. The van der Waals surface area contributed by atoms with Crippen molar-refractivity contribution < 1.29 is 9.84 Å². The average molecular weight is 398 g/mol. The Labute approximate surface area is 166 Å². The number of benzene rings is 1. The van der Waals surface area contributed by atoms with E-state index in [1.165, 1.54) is 44.9 Å². The van der Waals surface area contributed by atoms with E-state index >= 15 is 0 Å². The topological polar surface area (TPSA) is 41.5 Å². The van der Waals surface area contributed by atoms with Crippen molar-refractivity contribution >= 4 is 23.2 Å². The molecule has 1 aromatic rings. The summed E-state index contributed by atoms with van der Waals surface area (Å²) < 4.78 is 5.60. The Kier molecular flexibility index (Phi) is 5.71. The standard InChI is InChI=1S/C21H29Cl2NO2/c22-17-1-2-20(19(23)8-17)26-13-18(25)12-24-4-3-21-9-14-5-15(10-21)7-16(6-14)11-21/h1-2,8,14-16,18,24-25H,3-7,9-13H2/t14?,15?,16?,18-,21?/m0/s1. The van der Waals surface area contributed by atoms with Gasteiger partial charge in [-0.1, -0.05) is 23.2 Å². The van der Waals surface area contributed by atoms with Gasteiger partial charge in [0.25, 0.3) is 0 Å². The van der Waals surface area contributed by atoms with Gasteiger partial charge in [0.05, 0.1) is 5.02 Å². The molecule has 4 aliphatic rings. The van der Waals surface area contributed by atoms with Gasteiger partial charge in [-0.25, -0.2) is 0 Å². The first-order valence-electron chi connectivity index (χ1n) is 9.98. The van der Waals surface area contributed by atoms with Gasteiger partial charge in [0.2, 0.25) is 0 Å². The largest absolute Gasteiger partial charge is 0.489 e. The normalized spacial score (nSPS) is 33.4. The molecule has 4 fully saturated rings. The van der Waals surface area contributed by atoms with E-state index in [0.29, 0.717) is 27.8 Å². The maximum Gasteiger partial charge on any atom is 0.138 e. The minimum absolute atomic E-state index is 0.228. The van der Waals surface area contributed by atoms with E-state index in [2.05, 4.69) is 5.32 Å². The van der Waals surface area contributed by atoms with Crippen LogP contribution in [0.1, 0.15) is 44.9 Å². The molecule has 144 valence electrons. The van der Waals surface area contributed by atoms with Gasteiger partial charge in [-0.15, -0.1) is 0 Å². The van der Waals surface area contributed by atoms with Gasteiger partial charge in [0, 0.05) is 11.6 Å². The molecule has 5 rings (SSSR count). The summed E-state index contributed by atoms with van der Waals surface area (Å²) in [7, 11) is 0. The Bertz CT molecular complexity index is 601. The second-order valence-corrected chi connectivity index (χ2v) is 9.75. The molecule has 1 atom stereocenters. The van der Waals surface area contributed by atoms with Crippen LogP contribution in [-0.2, 0) is 0 Å². The Morgan fingerprint density at radius 1 is 1.12 bits per heavy atom. The zero-order valence-corrected chi connectivity index (χ0v) is 16.7. The summed E-state index contributed by atoms with van der Waals surface area (Å²) in [4.78, 5) is 0. The van der Waals surface area contributed by atoms with Crippen LogP contribution in [0.15, 0.2) is 18.2 Å². The van der Waals surface area contributed by atoms with Crippen molar-refractivity contribution in [2.24, 2.45) is 23.2 Å². The zero-order valence-electron chi connectivity index (χ0n) is 15.2. The lowest BCUT2D eigenvalue weighted by atomic mass is 9.49. The third-order valence-corrected chi connectivity index (χ3v) is 7.23. The van der Waals surface area contributed by atoms with E-state index in [4.69, 9.17) is 27.9 Å². The van der Waals surface area contributed by atoms with Crippen molar-refractivity contribution in [2.45, 2.75) is 51.0 Å². The Balaban J connectivity index is 1.17. The van der Waals surface area contributed by atoms with Crippen LogP contribution in [0.3, 0.4) is 0 Å². The van der Waals surface area contributed by atoms with Crippen LogP contribution in [0.25, 0.3) is 0 Å². The average Bonchev–Trinajstić information content (AvgIpc) is 2.57. The molecule has 1 aromatic carbocycles. The second kappa shape index (κ2) is 7.87. The van der Waals surface area contributed by atoms with Crippen LogP contribution in [0, 0.1) is 23.2 Å². The predicted octanol–water partition coefficient (Wildman–Crippen LogP) is 4.93. The summed E-state index contributed by atoms with van der Waals surface area (Å²) >= 11 is 12.0. The summed E-state index contributed by atoms with van der Waals surface area (Å²) in [6.45, 7) is 1.77. The van der Waals surface area contributed by atoms with Crippen molar-refractivity contribution in [3.8, 4) is 5.75 Å². The molecule has 0 amide bonds. The lowest BCUT2D eigenvalue weighted by molar-refractivity contribution is -0.0570. The highest BCUT2D eigenvalue weighted by molar-refractivity contribution is 6.35. The van der Waals surface area contributed by atoms with E-state index in [0.717, 1.165) is 24.3 Å². The van der Waals surface area contributed by atoms with Crippen LogP contribution in [0.2, 0.25) is 10.0 Å². The van der Waals surface area contributed by atoms with Crippen molar-refractivity contribution in [2.75, 3.05) is 19.7 Å². The molecule has 26 heavy (non-hydrogen) atoms. The first-order valence-corrected chi connectivity index (χ1v) is 10.7. The molecule has 4 bridgehead atoms. The Morgan fingerprint density at radius 3 is 2.38 bits per heavy atom. The van der Waals surface area contributed by atoms with Crippen LogP contribution in [0.4, 0.5) is 0 Å². The monoisotopic (exact) mass is 397 g/mol. The molecule has 0 radical (unpaired) electrons. The predicted molar refractivity (Wildman–Crippen MR) is 106 cm³/mol. The fourth-order valence-electron chi connectivity index (χ4n) is 6.06. The molecule has 4 aliphatic carbocycles. The van der Waals surface area contributed by atoms with E-state index in [1.54, 1.807) is 18.2 Å². The van der Waals surface area contributed by atoms with Crippen molar-refractivity contribution in [3.05, 3.63) is 28.2 Å².